The topological polar surface area (TPSA) is 235 Å². The number of carbonyl (C=O) groups excluding carboxylic acids is 6. The molecule has 0 bridgehead atoms. The van der Waals surface area contributed by atoms with E-state index in [4.69, 9.17) is 42.9 Å². The number of methoxy groups -OCH3 is 2. The van der Waals surface area contributed by atoms with Gasteiger partial charge in [0.2, 0.25) is 11.8 Å². The maximum absolute atomic E-state index is 13.8. The van der Waals surface area contributed by atoms with E-state index in [-0.39, 0.29) is 100 Å². The van der Waals surface area contributed by atoms with Crippen LogP contribution in [0.3, 0.4) is 0 Å². The molecule has 21 heteroatoms. The second kappa shape index (κ2) is 27.1. The molecule has 418 valence electrons. The van der Waals surface area contributed by atoms with Gasteiger partial charge in [-0.05, 0) is 59.7 Å². The summed E-state index contributed by atoms with van der Waals surface area (Å²) in [6.45, 7) is 12.5. The van der Waals surface area contributed by atoms with Gasteiger partial charge in [0.25, 0.3) is 23.6 Å². The predicted octanol–water partition coefficient (Wildman–Crippen LogP) is 4.66. The van der Waals surface area contributed by atoms with Crippen molar-refractivity contribution in [3.8, 4) is 34.8 Å². The van der Waals surface area contributed by atoms with E-state index >= 15 is 0 Å². The fourth-order valence-electron chi connectivity index (χ4n) is 9.54. The quantitative estimate of drug-likeness (QED) is 0.0458. The summed E-state index contributed by atoms with van der Waals surface area (Å²) in [5.41, 5.74) is 4.93. The average Bonchev–Trinajstić information content (AvgIpc) is 4.07. The Labute approximate surface area is 459 Å². The standard InChI is InChI=1S/C58H67N7O14/c1-38-23-42-32-61-46-29-50(48(72-4)27-44(46)56(70)64(42)34-38)78-35-40-24-39(25-41(26-40)36-79-51-30-47-45(28-49(51)73-5)57(71)65-37-58(2,3)31-43(65)33-62-47)7-6-12-59-53(67)11-15-74-17-19-76-21-22-77-20-18-75-16-13-60-52(66)10-14-63-54(68)8-9-55(63)69/h8-9,24-30,32-33,42-43H,1,10-23,31,34-37H2,2-5H3,(H,59,67)(H,60,66)/t42-,43-/m0/s1. The summed E-state index contributed by atoms with van der Waals surface area (Å²) in [6, 6.07) is 12.2. The summed E-state index contributed by atoms with van der Waals surface area (Å²) in [7, 11) is 3.04. The molecule has 6 amide bonds. The summed E-state index contributed by atoms with van der Waals surface area (Å²) in [5, 5.41) is 5.49. The summed E-state index contributed by atoms with van der Waals surface area (Å²) < 4.78 is 46.3. The molecule has 2 saturated heterocycles. The zero-order valence-electron chi connectivity index (χ0n) is 45.1. The summed E-state index contributed by atoms with van der Waals surface area (Å²) in [6.07, 6.45) is 7.60. The van der Waals surface area contributed by atoms with Crippen LogP contribution in [-0.4, -0.2) is 174 Å². The lowest BCUT2D eigenvalue weighted by atomic mass is 9.91. The van der Waals surface area contributed by atoms with E-state index < -0.39 is 11.8 Å². The Hall–Kier alpha value is -7.90. The second-order valence-corrected chi connectivity index (χ2v) is 20.1. The third kappa shape index (κ3) is 15.4. The summed E-state index contributed by atoms with van der Waals surface area (Å²) in [5.74, 6) is 6.17. The van der Waals surface area contributed by atoms with Gasteiger partial charge in [-0.3, -0.25) is 43.7 Å². The van der Waals surface area contributed by atoms with Crippen LogP contribution in [0, 0.1) is 17.3 Å². The highest BCUT2D eigenvalue weighted by Gasteiger charge is 2.41. The molecule has 0 radical (unpaired) electrons. The second-order valence-electron chi connectivity index (χ2n) is 20.1. The molecule has 0 aliphatic carbocycles. The van der Waals surface area contributed by atoms with Crippen molar-refractivity contribution >= 4 is 59.2 Å². The number of carbonyl (C=O) groups is 6. The zero-order chi connectivity index (χ0) is 55.9. The van der Waals surface area contributed by atoms with Crippen molar-refractivity contribution < 1.29 is 66.7 Å². The van der Waals surface area contributed by atoms with Crippen molar-refractivity contribution in [2.45, 2.75) is 64.8 Å². The van der Waals surface area contributed by atoms with Gasteiger partial charge in [-0.1, -0.05) is 37.8 Å². The first-order valence-corrected chi connectivity index (χ1v) is 26.2. The van der Waals surface area contributed by atoms with Crippen LogP contribution in [0.25, 0.3) is 0 Å². The van der Waals surface area contributed by atoms with E-state index in [0.29, 0.717) is 110 Å². The van der Waals surface area contributed by atoms with Crippen molar-refractivity contribution in [1.82, 2.24) is 25.3 Å². The number of imide groups is 1. The SMILES string of the molecule is C=C1C[C@H]2C=Nc3cc(OCc4cc(C#CCNC(=O)CCOCCOCCOCCOCCNC(=O)CCN5C(=O)C=CC5=O)cc(COc5cc6c(cc5OC)C(=O)N5CC(C)(C)C[C@H]5C=N6)c4)c(OC)cc3C(=O)N2C1. The smallest absolute Gasteiger partial charge is 0.257 e. The summed E-state index contributed by atoms with van der Waals surface area (Å²) in [4.78, 5) is 89.2. The highest BCUT2D eigenvalue weighted by Crippen LogP contribution is 2.42. The van der Waals surface area contributed by atoms with Crippen LogP contribution in [0.2, 0.25) is 0 Å². The highest BCUT2D eigenvalue weighted by molar-refractivity contribution is 6.13. The lowest BCUT2D eigenvalue weighted by molar-refractivity contribution is -0.137. The molecular formula is C58H67N7O14. The number of aliphatic imine (C=N–C) groups is 2. The summed E-state index contributed by atoms with van der Waals surface area (Å²) >= 11 is 0. The molecule has 5 aliphatic heterocycles. The van der Waals surface area contributed by atoms with Crippen molar-refractivity contribution in [3.05, 3.63) is 94.6 Å². The fraction of sp³-hybridized carbons (Fsp3) is 0.448. The lowest BCUT2D eigenvalue weighted by Gasteiger charge is -2.22. The van der Waals surface area contributed by atoms with E-state index in [2.05, 4.69) is 47.9 Å². The molecule has 0 saturated carbocycles. The van der Waals surface area contributed by atoms with Gasteiger partial charge < -0.3 is 58.3 Å². The number of hydrogen-bond acceptors (Lipinski definition) is 16. The molecule has 8 rings (SSSR count). The maximum atomic E-state index is 13.8. The molecule has 79 heavy (non-hydrogen) atoms. The monoisotopic (exact) mass is 1090 g/mol. The van der Waals surface area contributed by atoms with Crippen LogP contribution < -0.4 is 29.6 Å². The van der Waals surface area contributed by atoms with E-state index in [1.165, 1.54) is 26.4 Å². The number of nitrogens with one attached hydrogen (secondary N) is 2. The number of hydrogen-bond donors (Lipinski definition) is 2. The van der Waals surface area contributed by atoms with E-state index in [1.54, 1.807) is 35.4 Å². The van der Waals surface area contributed by atoms with E-state index in [1.807, 2.05) is 29.3 Å². The first kappa shape index (κ1) is 57.3. The largest absolute Gasteiger partial charge is 0.493 e. The molecule has 3 aromatic carbocycles. The third-order valence-corrected chi connectivity index (χ3v) is 13.4. The molecule has 2 N–H and O–H groups in total. The number of amides is 6. The van der Waals surface area contributed by atoms with Crippen molar-refractivity contribution in [2.24, 2.45) is 15.4 Å². The Kier molecular flexibility index (Phi) is 19.7. The van der Waals surface area contributed by atoms with Crippen LogP contribution in [0.15, 0.2) is 76.8 Å². The number of nitrogens with zero attached hydrogens (tertiary/aromatic N) is 5. The van der Waals surface area contributed by atoms with Crippen molar-refractivity contribution in [1.29, 1.82) is 0 Å². The molecule has 3 aromatic rings. The minimum Gasteiger partial charge on any atom is -0.493 e. The maximum Gasteiger partial charge on any atom is 0.257 e. The Morgan fingerprint density at radius 3 is 1.81 bits per heavy atom. The molecule has 0 spiro atoms. The normalized spacial score (nSPS) is 17.6. The van der Waals surface area contributed by atoms with Crippen LogP contribution >= 0.6 is 0 Å². The number of benzene rings is 3. The Bertz CT molecular complexity index is 2940. The van der Waals surface area contributed by atoms with E-state index in [9.17, 15) is 28.8 Å². The molecule has 2 fully saturated rings. The predicted molar refractivity (Wildman–Crippen MR) is 290 cm³/mol. The van der Waals surface area contributed by atoms with Gasteiger partial charge in [-0.25, -0.2) is 0 Å². The molecule has 5 heterocycles. The minimum absolute atomic E-state index is 0.0187. The van der Waals surface area contributed by atoms with Gasteiger partial charge in [-0.2, -0.15) is 0 Å². The Balaban J connectivity index is 0.794. The molecule has 0 aromatic heterocycles. The van der Waals surface area contributed by atoms with Crippen molar-refractivity contribution in [3.63, 3.8) is 0 Å². The van der Waals surface area contributed by atoms with Crippen molar-refractivity contribution in [2.75, 3.05) is 99.8 Å². The van der Waals surface area contributed by atoms with Crippen LogP contribution in [-0.2, 0) is 51.3 Å². The number of ether oxygens (including phenoxy) is 8. The first-order valence-electron chi connectivity index (χ1n) is 26.2. The average molecular weight is 1090 g/mol. The van der Waals surface area contributed by atoms with Gasteiger partial charge in [0.15, 0.2) is 23.0 Å². The Morgan fingerprint density at radius 2 is 1.22 bits per heavy atom. The van der Waals surface area contributed by atoms with Crippen LogP contribution in [0.1, 0.15) is 76.9 Å². The zero-order valence-corrected chi connectivity index (χ0v) is 45.1. The molecular weight excluding hydrogens is 1020 g/mol. The number of rotatable bonds is 27. The fourth-order valence-corrected chi connectivity index (χ4v) is 9.54. The van der Waals surface area contributed by atoms with Crippen LogP contribution in [0.5, 0.6) is 23.0 Å². The minimum atomic E-state index is -0.419. The van der Waals surface area contributed by atoms with Gasteiger partial charge in [0.05, 0.1) is 108 Å². The molecule has 21 nitrogen and oxygen atoms in total. The molecule has 5 aliphatic rings. The number of fused-ring (bicyclic) bond motifs is 4. The van der Waals surface area contributed by atoms with Gasteiger partial charge in [0, 0.05) is 81.3 Å². The highest BCUT2D eigenvalue weighted by atomic mass is 16.6. The molecule has 2 atom stereocenters. The van der Waals surface area contributed by atoms with Gasteiger partial charge in [-0.15, -0.1) is 0 Å². The first-order chi connectivity index (χ1) is 38.2. The third-order valence-electron chi connectivity index (χ3n) is 13.4. The van der Waals surface area contributed by atoms with Gasteiger partial charge >= 0.3 is 0 Å². The lowest BCUT2D eigenvalue weighted by Crippen LogP contribution is -2.36. The van der Waals surface area contributed by atoms with Gasteiger partial charge in [0.1, 0.15) is 13.2 Å². The van der Waals surface area contributed by atoms with E-state index in [0.717, 1.165) is 28.0 Å². The van der Waals surface area contributed by atoms with Crippen LogP contribution in [0.4, 0.5) is 11.4 Å². The Morgan fingerprint density at radius 1 is 0.671 bits per heavy atom. The molecule has 0 unspecified atom stereocenters.